The fraction of sp³-hybridized carbons (Fsp3) is 0.250. The standard InChI is InChI=1S/C28H15Cl2F10NO3/c29-27(30)21(10-1-4-17(32)15(5-10)28(38,39)40)22(27)26(44)41-12-7-14(24(35)18(33)8-12)19(42)6-11-2-3-16(31)13(23(11)34)9-20(43)25(36)37/h1-5,7-8,21-22,25H,6,9H2,(H,41,44)/t21-,22+/m0/s1. The molecule has 0 unspecified atom stereocenters. The fourth-order valence-electron chi connectivity index (χ4n) is 4.57. The molecule has 1 N–H and O–H groups in total. The topological polar surface area (TPSA) is 63.2 Å². The van der Waals surface area contributed by atoms with Gasteiger partial charge in [-0.3, -0.25) is 14.4 Å². The average molecular weight is 674 g/mol. The first-order valence-corrected chi connectivity index (χ1v) is 12.9. The number of Topliss-reactive ketones (excluding diaryl/α,β-unsaturated/α-hetero) is 2. The number of nitrogens with one attached hydrogen (secondary N) is 1. The number of amides is 1. The molecule has 0 spiro atoms. The molecule has 4 nitrogen and oxygen atoms in total. The van der Waals surface area contributed by atoms with Gasteiger partial charge in [-0.15, -0.1) is 23.2 Å². The molecule has 3 aromatic carbocycles. The SMILES string of the molecule is O=C(Cc1ccc(F)c(CC(=O)C(F)F)c1F)c1cc(NC(=O)[C@H]2[C@H](c3ccc(F)c(C(F)(F)F)c3)C2(Cl)Cl)cc(F)c1F. The lowest BCUT2D eigenvalue weighted by Crippen LogP contribution is -2.19. The van der Waals surface area contributed by atoms with E-state index in [4.69, 9.17) is 23.2 Å². The van der Waals surface area contributed by atoms with Crippen LogP contribution in [0.3, 0.4) is 0 Å². The minimum atomic E-state index is -5.08. The summed E-state index contributed by atoms with van der Waals surface area (Å²) < 4.78 is 134. The van der Waals surface area contributed by atoms with Gasteiger partial charge in [0.2, 0.25) is 11.7 Å². The summed E-state index contributed by atoms with van der Waals surface area (Å²) in [6, 6.07) is 4.26. The molecule has 3 aromatic rings. The van der Waals surface area contributed by atoms with Crippen LogP contribution in [0.1, 0.15) is 38.5 Å². The van der Waals surface area contributed by atoms with Gasteiger partial charge in [-0.1, -0.05) is 12.1 Å². The van der Waals surface area contributed by atoms with Gasteiger partial charge in [-0.25, -0.2) is 30.7 Å². The maximum atomic E-state index is 14.8. The van der Waals surface area contributed by atoms with Gasteiger partial charge in [-0.2, -0.15) is 13.2 Å². The summed E-state index contributed by atoms with van der Waals surface area (Å²) in [4.78, 5) is 37.0. The van der Waals surface area contributed by atoms with E-state index >= 15 is 0 Å². The van der Waals surface area contributed by atoms with E-state index in [2.05, 4.69) is 5.32 Å². The second kappa shape index (κ2) is 12.0. The zero-order valence-corrected chi connectivity index (χ0v) is 23.0. The Morgan fingerprint density at radius 3 is 2.09 bits per heavy atom. The molecule has 234 valence electrons. The van der Waals surface area contributed by atoms with Crippen LogP contribution in [0.5, 0.6) is 0 Å². The number of hydrogen-bond acceptors (Lipinski definition) is 3. The van der Waals surface area contributed by atoms with Gasteiger partial charge in [0.05, 0.1) is 17.0 Å². The number of carbonyl (C=O) groups excluding carboxylic acids is 3. The third-order valence-corrected chi connectivity index (χ3v) is 7.74. The van der Waals surface area contributed by atoms with Crippen molar-refractivity contribution < 1.29 is 58.3 Å². The summed E-state index contributed by atoms with van der Waals surface area (Å²) in [5.74, 6) is -14.9. The minimum Gasteiger partial charge on any atom is -0.326 e. The zero-order chi connectivity index (χ0) is 32.9. The molecular weight excluding hydrogens is 659 g/mol. The number of hydrogen-bond donors (Lipinski definition) is 1. The third kappa shape index (κ3) is 6.55. The first kappa shape index (κ1) is 33.2. The monoisotopic (exact) mass is 673 g/mol. The highest BCUT2D eigenvalue weighted by Crippen LogP contribution is 2.65. The molecule has 1 saturated carbocycles. The van der Waals surface area contributed by atoms with Crippen LogP contribution >= 0.6 is 23.2 Å². The lowest BCUT2D eigenvalue weighted by Gasteiger charge is -2.12. The number of halogens is 12. The Morgan fingerprint density at radius 2 is 1.48 bits per heavy atom. The highest BCUT2D eigenvalue weighted by atomic mass is 35.5. The van der Waals surface area contributed by atoms with Gasteiger partial charge in [0, 0.05) is 36.1 Å². The van der Waals surface area contributed by atoms with Gasteiger partial charge in [0.1, 0.15) is 21.8 Å². The predicted octanol–water partition coefficient (Wildman–Crippen LogP) is 7.73. The van der Waals surface area contributed by atoms with Crippen molar-refractivity contribution in [1.29, 1.82) is 0 Å². The number of ketones is 2. The van der Waals surface area contributed by atoms with Crippen LogP contribution in [-0.2, 0) is 28.6 Å². The molecule has 0 bridgehead atoms. The van der Waals surface area contributed by atoms with E-state index in [9.17, 15) is 58.3 Å². The predicted molar refractivity (Wildman–Crippen MR) is 136 cm³/mol. The van der Waals surface area contributed by atoms with Crippen molar-refractivity contribution in [2.24, 2.45) is 5.92 Å². The summed E-state index contributed by atoms with van der Waals surface area (Å²) in [6.45, 7) is 0. The van der Waals surface area contributed by atoms with E-state index in [0.717, 1.165) is 12.1 Å². The summed E-state index contributed by atoms with van der Waals surface area (Å²) in [5.41, 5.74) is -5.18. The van der Waals surface area contributed by atoms with Gasteiger partial charge < -0.3 is 5.32 Å². The van der Waals surface area contributed by atoms with Crippen molar-refractivity contribution in [1.82, 2.24) is 0 Å². The first-order chi connectivity index (χ1) is 20.3. The first-order valence-electron chi connectivity index (χ1n) is 12.2. The Bertz CT molecular complexity index is 1680. The van der Waals surface area contributed by atoms with E-state index in [0.29, 0.717) is 30.3 Å². The van der Waals surface area contributed by atoms with Crippen molar-refractivity contribution in [2.45, 2.75) is 35.7 Å². The second-order valence-corrected chi connectivity index (χ2v) is 11.2. The van der Waals surface area contributed by atoms with Crippen LogP contribution in [0.2, 0.25) is 0 Å². The number of carbonyl (C=O) groups is 3. The van der Waals surface area contributed by atoms with Crippen LogP contribution in [0.4, 0.5) is 49.6 Å². The van der Waals surface area contributed by atoms with E-state index < -0.39 is 116 Å². The molecule has 0 aliphatic heterocycles. The fourth-order valence-corrected chi connectivity index (χ4v) is 5.40. The van der Waals surface area contributed by atoms with E-state index in [-0.39, 0.29) is 5.56 Å². The van der Waals surface area contributed by atoms with Crippen LogP contribution in [0.25, 0.3) is 0 Å². The van der Waals surface area contributed by atoms with Crippen molar-refractivity contribution in [3.63, 3.8) is 0 Å². The maximum Gasteiger partial charge on any atom is 0.419 e. The van der Waals surface area contributed by atoms with Crippen LogP contribution in [0.15, 0.2) is 42.5 Å². The molecular formula is C28H15Cl2F10NO3. The van der Waals surface area contributed by atoms with Crippen molar-refractivity contribution in [2.75, 3.05) is 5.32 Å². The largest absolute Gasteiger partial charge is 0.419 e. The smallest absolute Gasteiger partial charge is 0.326 e. The molecule has 0 heterocycles. The Labute approximate surface area is 250 Å². The number of rotatable bonds is 9. The van der Waals surface area contributed by atoms with Crippen LogP contribution in [0, 0.1) is 35.0 Å². The molecule has 2 atom stereocenters. The van der Waals surface area contributed by atoms with Crippen LogP contribution < -0.4 is 5.32 Å². The highest BCUT2D eigenvalue weighted by molar-refractivity contribution is 6.53. The molecule has 16 heteroatoms. The second-order valence-electron chi connectivity index (χ2n) is 9.72. The molecule has 0 saturated heterocycles. The van der Waals surface area contributed by atoms with Gasteiger partial charge in [0.25, 0.3) is 6.43 Å². The van der Waals surface area contributed by atoms with Gasteiger partial charge in [-0.05, 0) is 35.4 Å². The van der Waals surface area contributed by atoms with Gasteiger partial charge >= 0.3 is 6.18 Å². The summed E-state index contributed by atoms with van der Waals surface area (Å²) >= 11 is 12.2. The molecule has 1 amide bonds. The Hall–Kier alpha value is -3.65. The lowest BCUT2D eigenvalue weighted by atomic mass is 9.97. The summed E-state index contributed by atoms with van der Waals surface area (Å²) in [6.07, 6.45) is -11.0. The minimum absolute atomic E-state index is 0.249. The molecule has 44 heavy (non-hydrogen) atoms. The molecule has 1 aliphatic carbocycles. The highest BCUT2D eigenvalue weighted by Gasteiger charge is 2.67. The molecule has 0 aromatic heterocycles. The van der Waals surface area contributed by atoms with Crippen molar-refractivity contribution in [3.8, 4) is 0 Å². The van der Waals surface area contributed by atoms with Crippen LogP contribution in [-0.4, -0.2) is 28.2 Å². The Morgan fingerprint density at radius 1 is 0.841 bits per heavy atom. The normalized spacial score (nSPS) is 17.5. The van der Waals surface area contributed by atoms with Crippen molar-refractivity contribution >= 4 is 46.4 Å². The summed E-state index contributed by atoms with van der Waals surface area (Å²) in [5, 5.41) is 2.11. The molecule has 1 fully saturated rings. The Balaban J connectivity index is 1.56. The van der Waals surface area contributed by atoms with E-state index in [1.807, 2.05) is 0 Å². The van der Waals surface area contributed by atoms with E-state index in [1.54, 1.807) is 0 Å². The quantitative estimate of drug-likeness (QED) is 0.144. The average Bonchev–Trinajstić information content (AvgIpc) is 3.51. The summed E-state index contributed by atoms with van der Waals surface area (Å²) in [7, 11) is 0. The number of alkyl halides is 7. The number of anilines is 1. The van der Waals surface area contributed by atoms with Gasteiger partial charge in [0.15, 0.2) is 17.4 Å². The zero-order valence-electron chi connectivity index (χ0n) is 21.4. The maximum absolute atomic E-state index is 14.8. The Kier molecular flexibility index (Phi) is 9.09. The van der Waals surface area contributed by atoms with Crippen molar-refractivity contribution in [3.05, 3.63) is 99.4 Å². The lowest BCUT2D eigenvalue weighted by molar-refractivity contribution is -0.140. The molecule has 4 rings (SSSR count). The van der Waals surface area contributed by atoms with E-state index in [1.165, 1.54) is 0 Å². The third-order valence-electron chi connectivity index (χ3n) is 6.80. The molecule has 1 aliphatic rings. The number of benzene rings is 3. The molecule has 0 radical (unpaired) electrons.